The molecule has 0 saturated heterocycles. The summed E-state index contributed by atoms with van der Waals surface area (Å²) in [5, 5.41) is 1.01. The van der Waals surface area contributed by atoms with Gasteiger partial charge in [-0.1, -0.05) is 0 Å². The number of hydrogen-bond donors (Lipinski definition) is 0. The Hall–Kier alpha value is -0.420. The zero-order valence-corrected chi connectivity index (χ0v) is 6.95. The summed E-state index contributed by atoms with van der Waals surface area (Å²) in [5.74, 6) is 0. The van der Waals surface area contributed by atoms with E-state index in [1.807, 2.05) is 0 Å². The summed E-state index contributed by atoms with van der Waals surface area (Å²) in [4.78, 5) is 7.95. The van der Waals surface area contributed by atoms with Crippen LogP contribution in [0.4, 0.5) is 5.69 Å². The Morgan fingerprint density at radius 3 is 3.30 bits per heavy atom. The van der Waals surface area contributed by atoms with E-state index in [2.05, 4.69) is 20.6 Å². The molecule has 0 bridgehead atoms. The molecule has 2 rings (SSSR count). The van der Waals surface area contributed by atoms with Gasteiger partial charge in [0.1, 0.15) is 17.0 Å². The van der Waals surface area contributed by atoms with E-state index in [1.165, 1.54) is 0 Å². The lowest BCUT2D eigenvalue weighted by atomic mass is 10.6. The molecule has 0 aromatic carbocycles. The van der Waals surface area contributed by atoms with Crippen molar-refractivity contribution in [2.24, 2.45) is 4.36 Å². The Balaban J connectivity index is 2.54. The first-order chi connectivity index (χ1) is 4.86. The van der Waals surface area contributed by atoms with Crippen LogP contribution in [0.3, 0.4) is 0 Å². The van der Waals surface area contributed by atoms with E-state index in [1.54, 1.807) is 23.3 Å². The second kappa shape index (κ2) is 2.32. The fourth-order valence-electron chi connectivity index (χ4n) is 0.709. The molecule has 1 aromatic rings. The van der Waals surface area contributed by atoms with Gasteiger partial charge in [-0.05, 0) is 20.5 Å². The van der Waals surface area contributed by atoms with Crippen molar-refractivity contribution < 1.29 is 0 Å². The molecule has 0 spiro atoms. The fraction of sp³-hybridized carbons (Fsp3) is 0.200. The highest BCUT2D eigenvalue weighted by Crippen LogP contribution is 2.36. The van der Waals surface area contributed by atoms with Crippen molar-refractivity contribution in [3.8, 4) is 0 Å². The van der Waals surface area contributed by atoms with E-state index in [0.29, 0.717) is 0 Å². The zero-order valence-electron chi connectivity index (χ0n) is 5.31. The minimum Gasteiger partial charge on any atom is -0.242 e. The van der Waals surface area contributed by atoms with Gasteiger partial charge in [0.2, 0.25) is 0 Å². The number of fused-ring (bicyclic) bond motifs is 1. The van der Waals surface area contributed by atoms with E-state index < -0.39 is 0 Å². The molecule has 5 heteroatoms. The van der Waals surface area contributed by atoms with Crippen molar-refractivity contribution in [1.29, 1.82) is 0 Å². The Morgan fingerprint density at radius 1 is 1.60 bits per heavy atom. The Bertz CT molecular complexity index is 297. The molecule has 0 aliphatic carbocycles. The second-order valence-electron chi connectivity index (χ2n) is 1.81. The van der Waals surface area contributed by atoms with E-state index in [-0.39, 0.29) is 9.72 Å². The third-order valence-electron chi connectivity index (χ3n) is 1.08. The largest absolute Gasteiger partial charge is 0.242 e. The van der Waals surface area contributed by atoms with Crippen molar-refractivity contribution in [2.75, 3.05) is 6.26 Å². The minimum atomic E-state index is 0.0698. The van der Waals surface area contributed by atoms with Crippen LogP contribution in [-0.2, 0) is 9.72 Å². The van der Waals surface area contributed by atoms with Crippen molar-refractivity contribution in [2.45, 2.75) is 5.03 Å². The van der Waals surface area contributed by atoms with Crippen molar-refractivity contribution in [1.82, 2.24) is 9.97 Å². The van der Waals surface area contributed by atoms with E-state index >= 15 is 0 Å². The number of rotatable bonds is 0. The minimum absolute atomic E-state index is 0.0698. The molecule has 1 atom stereocenters. The average molecular weight is 171 g/mol. The highest BCUT2D eigenvalue weighted by atomic mass is 33.1. The molecule has 0 N–H and O–H groups in total. The Morgan fingerprint density at radius 2 is 2.50 bits per heavy atom. The third kappa shape index (κ3) is 0.951. The maximum Gasteiger partial charge on any atom is 0.137 e. The van der Waals surface area contributed by atoms with E-state index in [9.17, 15) is 0 Å². The SMILES string of the molecule is CS1=Nc2cncnc2S1. The van der Waals surface area contributed by atoms with Gasteiger partial charge in [-0.25, -0.2) is 14.3 Å². The first-order valence-corrected chi connectivity index (χ1v) is 5.65. The maximum atomic E-state index is 4.32. The monoisotopic (exact) mass is 171 g/mol. The van der Waals surface area contributed by atoms with Crippen LogP contribution in [-0.4, -0.2) is 16.2 Å². The molecule has 0 saturated carbocycles. The Labute approximate surface area is 64.8 Å². The maximum absolute atomic E-state index is 4.32. The van der Waals surface area contributed by atoms with Gasteiger partial charge >= 0.3 is 0 Å². The lowest BCUT2D eigenvalue weighted by molar-refractivity contribution is 1.05. The van der Waals surface area contributed by atoms with Gasteiger partial charge in [0, 0.05) is 6.26 Å². The van der Waals surface area contributed by atoms with Gasteiger partial charge < -0.3 is 0 Å². The summed E-state index contributed by atoms with van der Waals surface area (Å²) >= 11 is 0. The van der Waals surface area contributed by atoms with Crippen LogP contribution >= 0.6 is 10.8 Å². The average Bonchev–Trinajstić information content (AvgIpc) is 2.27. The molecule has 52 valence electrons. The predicted molar refractivity (Wildman–Crippen MR) is 43.3 cm³/mol. The number of hydrogen-bond acceptors (Lipinski definition) is 4. The molecule has 3 nitrogen and oxygen atoms in total. The van der Waals surface area contributed by atoms with Crippen LogP contribution in [0.2, 0.25) is 0 Å². The summed E-state index contributed by atoms with van der Waals surface area (Å²) in [7, 11) is 1.77. The molecule has 1 aromatic heterocycles. The van der Waals surface area contributed by atoms with E-state index in [0.717, 1.165) is 10.7 Å². The van der Waals surface area contributed by atoms with Gasteiger partial charge in [-0.2, -0.15) is 0 Å². The van der Waals surface area contributed by atoms with Crippen LogP contribution in [0.15, 0.2) is 21.9 Å². The molecule has 1 aliphatic rings. The fourth-order valence-corrected chi connectivity index (χ4v) is 3.14. The van der Waals surface area contributed by atoms with Crippen LogP contribution in [0.5, 0.6) is 0 Å². The molecule has 10 heavy (non-hydrogen) atoms. The molecule has 0 amide bonds. The van der Waals surface area contributed by atoms with Crippen molar-refractivity contribution in [3.63, 3.8) is 0 Å². The normalized spacial score (nSPS) is 21.9. The number of nitrogens with zero attached hydrogens (tertiary/aromatic N) is 3. The van der Waals surface area contributed by atoms with Gasteiger partial charge in [0.05, 0.1) is 6.20 Å². The lowest BCUT2D eigenvalue weighted by Gasteiger charge is -1.88. The topological polar surface area (TPSA) is 38.1 Å². The zero-order chi connectivity index (χ0) is 6.97. The molecule has 0 radical (unpaired) electrons. The first kappa shape index (κ1) is 6.30. The summed E-state index contributed by atoms with van der Waals surface area (Å²) in [6, 6.07) is 0. The van der Waals surface area contributed by atoms with Crippen LogP contribution in [0.25, 0.3) is 0 Å². The molecule has 1 unspecified atom stereocenters. The molecule has 2 heterocycles. The summed E-state index contributed by atoms with van der Waals surface area (Å²) in [6.07, 6.45) is 5.39. The summed E-state index contributed by atoms with van der Waals surface area (Å²) in [5.41, 5.74) is 0.943. The standard InChI is InChI=1S/C5H5N3S2/c1-10-8-4-2-6-3-7-5(4)9-10/h2-3H,1H3. The number of aromatic nitrogens is 2. The highest BCUT2D eigenvalue weighted by Gasteiger charge is 2.11. The second-order valence-corrected chi connectivity index (χ2v) is 5.34. The summed E-state index contributed by atoms with van der Waals surface area (Å²) in [6.45, 7) is 0. The predicted octanol–water partition coefficient (Wildman–Crippen LogP) is 1.56. The molecular weight excluding hydrogens is 166 g/mol. The van der Waals surface area contributed by atoms with Crippen LogP contribution in [0.1, 0.15) is 0 Å². The van der Waals surface area contributed by atoms with Gasteiger partial charge in [0.15, 0.2) is 0 Å². The van der Waals surface area contributed by atoms with Gasteiger partial charge in [0.25, 0.3) is 0 Å². The van der Waals surface area contributed by atoms with E-state index in [4.69, 9.17) is 0 Å². The van der Waals surface area contributed by atoms with Gasteiger partial charge in [-0.3, -0.25) is 0 Å². The van der Waals surface area contributed by atoms with Gasteiger partial charge in [-0.15, -0.1) is 0 Å². The van der Waals surface area contributed by atoms with Crippen molar-refractivity contribution >= 4 is 26.2 Å². The van der Waals surface area contributed by atoms with Crippen molar-refractivity contribution in [3.05, 3.63) is 12.5 Å². The summed E-state index contributed by atoms with van der Waals surface area (Å²) < 4.78 is 4.32. The third-order valence-corrected chi connectivity index (χ3v) is 3.67. The smallest absolute Gasteiger partial charge is 0.137 e. The Kier molecular flexibility index (Phi) is 1.46. The molecule has 1 aliphatic heterocycles. The van der Waals surface area contributed by atoms with Crippen LogP contribution in [0, 0.1) is 0 Å². The first-order valence-electron chi connectivity index (χ1n) is 2.72. The lowest BCUT2D eigenvalue weighted by Crippen LogP contribution is -1.76. The highest BCUT2D eigenvalue weighted by molar-refractivity contribution is 8.70. The van der Waals surface area contributed by atoms with Crippen LogP contribution < -0.4 is 0 Å². The quantitative estimate of drug-likeness (QED) is 0.439. The molecule has 0 fully saturated rings. The molecular formula is C5H5N3S2.